The molecule has 1 fully saturated rings. The maximum atomic E-state index is 13.0. The molecule has 7 nitrogen and oxygen atoms in total. The minimum absolute atomic E-state index is 0.0722. The number of hydrogen-bond donors (Lipinski definition) is 2. The van der Waals surface area contributed by atoms with Crippen LogP contribution in [0.4, 0.5) is 4.39 Å². The van der Waals surface area contributed by atoms with Crippen molar-refractivity contribution in [2.24, 2.45) is 0 Å². The van der Waals surface area contributed by atoms with Gasteiger partial charge in [-0.3, -0.25) is 14.4 Å². The molecule has 27 heavy (non-hydrogen) atoms. The third-order valence-electron chi connectivity index (χ3n) is 5.18. The van der Waals surface area contributed by atoms with E-state index in [1.807, 2.05) is 0 Å². The van der Waals surface area contributed by atoms with Crippen LogP contribution in [0.1, 0.15) is 28.9 Å². The highest BCUT2D eigenvalue weighted by atomic mass is 19.1. The largest absolute Gasteiger partial charge is 0.503 e. The van der Waals surface area contributed by atoms with Gasteiger partial charge in [0.05, 0.1) is 6.04 Å². The Kier molecular flexibility index (Phi) is 4.18. The Labute approximate surface area is 154 Å². The van der Waals surface area contributed by atoms with E-state index in [0.29, 0.717) is 19.4 Å². The van der Waals surface area contributed by atoms with Gasteiger partial charge in [0.1, 0.15) is 11.9 Å². The van der Waals surface area contributed by atoms with Crippen molar-refractivity contribution in [3.63, 3.8) is 0 Å². The number of benzene rings is 1. The number of nitrogens with one attached hydrogen (secondary N) is 1. The van der Waals surface area contributed by atoms with Crippen LogP contribution in [0, 0.1) is 5.82 Å². The fraction of sp³-hybridized carbons (Fsp3) is 0.316. The lowest BCUT2D eigenvalue weighted by molar-refractivity contribution is -0.125. The molecule has 2 aliphatic heterocycles. The number of halogens is 1. The zero-order valence-electron chi connectivity index (χ0n) is 14.4. The lowest BCUT2D eigenvalue weighted by Crippen LogP contribution is -2.53. The summed E-state index contributed by atoms with van der Waals surface area (Å²) in [6.45, 7) is 0.653. The molecule has 0 aliphatic carbocycles. The molecule has 1 saturated heterocycles. The minimum Gasteiger partial charge on any atom is -0.503 e. The summed E-state index contributed by atoms with van der Waals surface area (Å²) in [5.41, 5.74) is 0.0559. The second kappa shape index (κ2) is 6.53. The van der Waals surface area contributed by atoms with Crippen molar-refractivity contribution < 1.29 is 19.1 Å². The molecular weight excluding hydrogens is 353 g/mol. The Hall–Kier alpha value is -3.16. The molecule has 1 aromatic carbocycles. The molecule has 2 aromatic rings. The van der Waals surface area contributed by atoms with E-state index in [9.17, 15) is 23.9 Å². The van der Waals surface area contributed by atoms with Gasteiger partial charge in [0, 0.05) is 25.4 Å². The average molecular weight is 371 g/mol. The number of aromatic hydroxyl groups is 1. The van der Waals surface area contributed by atoms with Crippen LogP contribution >= 0.6 is 0 Å². The summed E-state index contributed by atoms with van der Waals surface area (Å²) >= 11 is 0. The van der Waals surface area contributed by atoms with E-state index in [-0.39, 0.29) is 30.0 Å². The number of carbonyl (C=O) groups excluding carboxylic acids is 2. The van der Waals surface area contributed by atoms with Crippen molar-refractivity contribution in [3.8, 4) is 5.75 Å². The first-order chi connectivity index (χ1) is 13.0. The summed E-state index contributed by atoms with van der Waals surface area (Å²) < 4.78 is 14.5. The predicted octanol–water partition coefficient (Wildman–Crippen LogP) is 0.996. The predicted molar refractivity (Wildman–Crippen MR) is 93.6 cm³/mol. The molecule has 0 bridgehead atoms. The van der Waals surface area contributed by atoms with E-state index in [2.05, 4.69) is 5.32 Å². The molecule has 2 aliphatic rings. The van der Waals surface area contributed by atoms with Crippen molar-refractivity contribution in [2.75, 3.05) is 0 Å². The van der Waals surface area contributed by atoms with E-state index in [4.69, 9.17) is 0 Å². The van der Waals surface area contributed by atoms with E-state index in [1.165, 1.54) is 29.3 Å². The van der Waals surface area contributed by atoms with E-state index < -0.39 is 23.1 Å². The zero-order chi connectivity index (χ0) is 19.1. The van der Waals surface area contributed by atoms with Crippen LogP contribution in [-0.2, 0) is 17.9 Å². The van der Waals surface area contributed by atoms with Gasteiger partial charge in [-0.05, 0) is 30.5 Å². The molecule has 0 spiro atoms. The fourth-order valence-corrected chi connectivity index (χ4v) is 3.83. The smallest absolute Gasteiger partial charge is 0.275 e. The van der Waals surface area contributed by atoms with E-state index in [0.717, 1.165) is 5.56 Å². The van der Waals surface area contributed by atoms with Crippen LogP contribution in [0.2, 0.25) is 0 Å². The van der Waals surface area contributed by atoms with Crippen molar-refractivity contribution in [2.45, 2.75) is 38.0 Å². The number of fused-ring (bicyclic) bond motifs is 2. The van der Waals surface area contributed by atoms with Gasteiger partial charge in [-0.1, -0.05) is 12.1 Å². The second-order valence-corrected chi connectivity index (χ2v) is 6.83. The lowest BCUT2D eigenvalue weighted by Gasteiger charge is -2.35. The van der Waals surface area contributed by atoms with Gasteiger partial charge < -0.3 is 19.9 Å². The van der Waals surface area contributed by atoms with Crippen molar-refractivity contribution in [1.29, 1.82) is 0 Å². The quantitative estimate of drug-likeness (QED) is 0.842. The third kappa shape index (κ3) is 2.97. The fourth-order valence-electron chi connectivity index (χ4n) is 3.83. The Morgan fingerprint density at radius 2 is 1.93 bits per heavy atom. The summed E-state index contributed by atoms with van der Waals surface area (Å²) in [6.07, 6.45) is 2.66. The lowest BCUT2D eigenvalue weighted by atomic mass is 10.1. The molecule has 4 rings (SSSR count). The van der Waals surface area contributed by atoms with Crippen molar-refractivity contribution in [1.82, 2.24) is 14.8 Å². The molecule has 8 heteroatoms. The Morgan fingerprint density at radius 1 is 1.19 bits per heavy atom. The number of amides is 2. The van der Waals surface area contributed by atoms with Gasteiger partial charge in [0.15, 0.2) is 11.4 Å². The summed E-state index contributed by atoms with van der Waals surface area (Å²) in [7, 11) is 0. The summed E-state index contributed by atoms with van der Waals surface area (Å²) in [5, 5.41) is 12.8. The van der Waals surface area contributed by atoms with Crippen molar-refractivity contribution in [3.05, 3.63) is 63.8 Å². The van der Waals surface area contributed by atoms with Crippen LogP contribution in [0.3, 0.4) is 0 Å². The SMILES string of the molecule is O=C(NCc1ccc(F)cc1)[C@H]1CCC2Cn3ccc(=O)c(O)c3C(=O)N21. The molecule has 2 N–H and O–H groups in total. The highest BCUT2D eigenvalue weighted by Crippen LogP contribution is 2.33. The molecule has 1 aromatic heterocycles. The van der Waals surface area contributed by atoms with Crippen LogP contribution in [0.25, 0.3) is 0 Å². The van der Waals surface area contributed by atoms with Crippen LogP contribution in [-0.4, -0.2) is 38.5 Å². The molecule has 2 atom stereocenters. The van der Waals surface area contributed by atoms with Gasteiger partial charge in [0.25, 0.3) is 5.91 Å². The summed E-state index contributed by atoms with van der Waals surface area (Å²) in [6, 6.07) is 6.21. The molecular formula is C19H18FN3O4. The Bertz CT molecular complexity index is 970. The molecule has 0 saturated carbocycles. The number of carbonyl (C=O) groups is 2. The zero-order valence-corrected chi connectivity index (χ0v) is 14.4. The molecule has 140 valence electrons. The van der Waals surface area contributed by atoms with Crippen LogP contribution in [0.5, 0.6) is 5.75 Å². The number of pyridine rings is 1. The van der Waals surface area contributed by atoms with E-state index in [1.54, 1.807) is 16.7 Å². The highest BCUT2D eigenvalue weighted by Gasteiger charge is 2.45. The topological polar surface area (TPSA) is 91.6 Å². The number of aromatic nitrogens is 1. The number of hydrogen-bond acceptors (Lipinski definition) is 4. The first kappa shape index (κ1) is 17.3. The standard InChI is InChI=1S/C19H18FN3O4/c20-12-3-1-11(2-4-12)9-21-18(26)14-6-5-13-10-22-8-7-15(24)17(25)16(22)19(27)23(13)14/h1-4,7-8,13-14,25H,5-6,9-10H2,(H,21,26)/t13?,14-/m1/s1. The average Bonchev–Trinajstić information content (AvgIpc) is 3.08. The Morgan fingerprint density at radius 3 is 2.67 bits per heavy atom. The number of rotatable bonds is 3. The van der Waals surface area contributed by atoms with Crippen LogP contribution in [0.15, 0.2) is 41.3 Å². The molecule has 0 radical (unpaired) electrons. The highest BCUT2D eigenvalue weighted by molar-refractivity contribution is 5.99. The maximum Gasteiger partial charge on any atom is 0.275 e. The van der Waals surface area contributed by atoms with E-state index >= 15 is 0 Å². The summed E-state index contributed by atoms with van der Waals surface area (Å²) in [4.78, 5) is 38.7. The normalized spacial score (nSPS) is 20.9. The second-order valence-electron chi connectivity index (χ2n) is 6.83. The van der Waals surface area contributed by atoms with Gasteiger partial charge >= 0.3 is 0 Å². The monoisotopic (exact) mass is 371 g/mol. The Balaban J connectivity index is 1.53. The molecule has 2 amide bonds. The van der Waals surface area contributed by atoms with Gasteiger partial charge in [-0.25, -0.2) is 4.39 Å². The minimum atomic E-state index is -0.661. The van der Waals surface area contributed by atoms with Crippen molar-refractivity contribution >= 4 is 11.8 Å². The van der Waals surface area contributed by atoms with Crippen LogP contribution < -0.4 is 10.7 Å². The first-order valence-electron chi connectivity index (χ1n) is 8.73. The molecule has 3 heterocycles. The number of nitrogens with zero attached hydrogens (tertiary/aromatic N) is 2. The molecule has 1 unspecified atom stereocenters. The van der Waals surface area contributed by atoms with Gasteiger partial charge in [-0.15, -0.1) is 0 Å². The van der Waals surface area contributed by atoms with Gasteiger partial charge in [-0.2, -0.15) is 0 Å². The van der Waals surface area contributed by atoms with Gasteiger partial charge in [0.2, 0.25) is 11.3 Å². The maximum absolute atomic E-state index is 13.0. The summed E-state index contributed by atoms with van der Waals surface area (Å²) in [5.74, 6) is -1.75. The third-order valence-corrected chi connectivity index (χ3v) is 5.18. The first-order valence-corrected chi connectivity index (χ1v) is 8.73.